The fraction of sp³-hybridized carbons (Fsp3) is 0.500. The third kappa shape index (κ3) is 4.05. The molecule has 0 bridgehead atoms. The summed E-state index contributed by atoms with van der Waals surface area (Å²) in [7, 11) is 0. The van der Waals surface area contributed by atoms with E-state index < -0.39 is 29.7 Å². The van der Waals surface area contributed by atoms with Crippen LogP contribution in [0.15, 0.2) is 24.3 Å². The molecule has 0 saturated carbocycles. The van der Waals surface area contributed by atoms with Gasteiger partial charge in [0.2, 0.25) is 5.91 Å². The molecule has 1 aromatic rings. The zero-order valence-corrected chi connectivity index (χ0v) is 13.0. The van der Waals surface area contributed by atoms with E-state index in [2.05, 4.69) is 0 Å². The van der Waals surface area contributed by atoms with Crippen LogP contribution in [0.25, 0.3) is 0 Å². The minimum atomic E-state index is -4.48. The molecule has 0 aromatic heterocycles. The first-order valence-corrected chi connectivity index (χ1v) is 7.54. The molecule has 1 saturated heterocycles. The Bertz CT molecular complexity index is 618. The lowest BCUT2D eigenvalue weighted by Gasteiger charge is -2.33. The fourth-order valence-corrected chi connectivity index (χ4v) is 2.70. The summed E-state index contributed by atoms with van der Waals surface area (Å²) in [6, 6.07) is 4.68. The van der Waals surface area contributed by atoms with Crippen LogP contribution in [0.3, 0.4) is 0 Å². The SMILES string of the molecule is CCC(C(=O)N1CCOC(C(=O)O)C1)c1cccc(C(F)(F)F)c1. The smallest absolute Gasteiger partial charge is 0.416 e. The number of benzene rings is 1. The van der Waals surface area contributed by atoms with E-state index in [4.69, 9.17) is 9.84 Å². The molecule has 2 rings (SSSR count). The molecule has 1 aliphatic rings. The van der Waals surface area contributed by atoms with Gasteiger partial charge in [0.05, 0.1) is 24.6 Å². The first-order chi connectivity index (χ1) is 11.2. The van der Waals surface area contributed by atoms with Gasteiger partial charge in [-0.2, -0.15) is 13.2 Å². The topological polar surface area (TPSA) is 66.8 Å². The molecule has 2 unspecified atom stereocenters. The summed E-state index contributed by atoms with van der Waals surface area (Å²) in [5.41, 5.74) is -0.535. The molecule has 1 aromatic carbocycles. The molecule has 24 heavy (non-hydrogen) atoms. The van der Waals surface area contributed by atoms with Crippen LogP contribution in [0, 0.1) is 0 Å². The van der Waals surface area contributed by atoms with Gasteiger partial charge in [0.15, 0.2) is 6.10 Å². The molecule has 2 atom stereocenters. The van der Waals surface area contributed by atoms with Crippen molar-refractivity contribution in [3.05, 3.63) is 35.4 Å². The number of hydrogen-bond acceptors (Lipinski definition) is 3. The Balaban J connectivity index is 2.21. The number of carbonyl (C=O) groups excluding carboxylic acids is 1. The summed E-state index contributed by atoms with van der Waals surface area (Å²) < 4.78 is 43.6. The van der Waals surface area contributed by atoms with E-state index >= 15 is 0 Å². The summed E-state index contributed by atoms with van der Waals surface area (Å²) in [6.07, 6.45) is -5.28. The van der Waals surface area contributed by atoms with Crippen molar-refractivity contribution >= 4 is 11.9 Å². The first-order valence-electron chi connectivity index (χ1n) is 7.54. The highest BCUT2D eigenvalue weighted by Crippen LogP contribution is 2.32. The minimum Gasteiger partial charge on any atom is -0.479 e. The third-order valence-electron chi connectivity index (χ3n) is 3.98. The van der Waals surface area contributed by atoms with Gasteiger partial charge in [-0.1, -0.05) is 25.1 Å². The Hall–Kier alpha value is -2.09. The number of carboxylic acid groups (broad SMARTS) is 1. The minimum absolute atomic E-state index is 0.0851. The van der Waals surface area contributed by atoms with Gasteiger partial charge in [-0.25, -0.2) is 4.79 Å². The summed E-state index contributed by atoms with van der Waals surface area (Å²) >= 11 is 0. The van der Waals surface area contributed by atoms with E-state index in [0.29, 0.717) is 6.42 Å². The van der Waals surface area contributed by atoms with Crippen molar-refractivity contribution in [1.82, 2.24) is 4.90 Å². The number of ether oxygens (including phenoxy) is 1. The summed E-state index contributed by atoms with van der Waals surface area (Å²) in [6.45, 7) is 1.90. The van der Waals surface area contributed by atoms with Crippen molar-refractivity contribution < 1.29 is 32.6 Å². The lowest BCUT2D eigenvalue weighted by atomic mass is 9.93. The molecule has 5 nitrogen and oxygen atoms in total. The van der Waals surface area contributed by atoms with E-state index in [0.717, 1.165) is 12.1 Å². The second-order valence-electron chi connectivity index (χ2n) is 5.57. The van der Waals surface area contributed by atoms with E-state index in [1.807, 2.05) is 0 Å². The van der Waals surface area contributed by atoms with Gasteiger partial charge in [-0.05, 0) is 18.1 Å². The predicted molar refractivity (Wildman–Crippen MR) is 78.4 cm³/mol. The Labute approximate surface area is 137 Å². The van der Waals surface area contributed by atoms with Gasteiger partial charge < -0.3 is 14.7 Å². The maximum atomic E-state index is 12.9. The number of alkyl halides is 3. The Morgan fingerprint density at radius 2 is 2.12 bits per heavy atom. The fourth-order valence-electron chi connectivity index (χ4n) is 2.70. The Morgan fingerprint density at radius 3 is 2.71 bits per heavy atom. The molecular formula is C16H18F3NO4. The van der Waals surface area contributed by atoms with Gasteiger partial charge in [0, 0.05) is 6.54 Å². The summed E-state index contributed by atoms with van der Waals surface area (Å²) in [5, 5.41) is 8.99. The van der Waals surface area contributed by atoms with E-state index in [1.54, 1.807) is 6.92 Å². The van der Waals surface area contributed by atoms with E-state index in [9.17, 15) is 22.8 Å². The van der Waals surface area contributed by atoms with Crippen LogP contribution in [0.5, 0.6) is 0 Å². The van der Waals surface area contributed by atoms with Crippen LogP contribution in [0.2, 0.25) is 0 Å². The molecule has 1 amide bonds. The van der Waals surface area contributed by atoms with Crippen molar-refractivity contribution in [3.8, 4) is 0 Å². The van der Waals surface area contributed by atoms with Crippen molar-refractivity contribution in [2.45, 2.75) is 31.5 Å². The van der Waals surface area contributed by atoms with Crippen molar-refractivity contribution in [1.29, 1.82) is 0 Å². The van der Waals surface area contributed by atoms with Crippen LogP contribution in [0.1, 0.15) is 30.4 Å². The zero-order valence-electron chi connectivity index (χ0n) is 13.0. The number of rotatable bonds is 4. The largest absolute Gasteiger partial charge is 0.479 e. The average molecular weight is 345 g/mol. The molecule has 0 aliphatic carbocycles. The van der Waals surface area contributed by atoms with E-state index in [1.165, 1.54) is 17.0 Å². The quantitative estimate of drug-likeness (QED) is 0.911. The van der Waals surface area contributed by atoms with Crippen LogP contribution in [-0.4, -0.2) is 47.7 Å². The Morgan fingerprint density at radius 1 is 1.42 bits per heavy atom. The van der Waals surface area contributed by atoms with Gasteiger partial charge in [-0.15, -0.1) is 0 Å². The van der Waals surface area contributed by atoms with Gasteiger partial charge in [-0.3, -0.25) is 4.79 Å². The second-order valence-corrected chi connectivity index (χ2v) is 5.57. The number of nitrogens with zero attached hydrogens (tertiary/aromatic N) is 1. The molecule has 0 spiro atoms. The van der Waals surface area contributed by atoms with Crippen LogP contribution >= 0.6 is 0 Å². The standard InChI is InChI=1S/C16H18F3NO4/c1-2-12(10-4-3-5-11(8-10)16(17,18)19)14(21)20-6-7-24-13(9-20)15(22)23/h3-5,8,12-13H,2,6-7,9H2,1H3,(H,22,23). The Kier molecular flexibility index (Phi) is 5.48. The lowest BCUT2D eigenvalue weighted by Crippen LogP contribution is -2.49. The first kappa shape index (κ1) is 18.3. The van der Waals surface area contributed by atoms with E-state index in [-0.39, 0.29) is 31.2 Å². The van der Waals surface area contributed by atoms with Gasteiger partial charge >= 0.3 is 12.1 Å². The van der Waals surface area contributed by atoms with Gasteiger partial charge in [0.25, 0.3) is 0 Å². The number of morpholine rings is 1. The third-order valence-corrected chi connectivity index (χ3v) is 3.98. The normalized spacial score (nSPS) is 19.8. The number of carbonyl (C=O) groups is 2. The molecule has 1 heterocycles. The van der Waals surface area contributed by atoms with Crippen LogP contribution in [-0.2, 0) is 20.5 Å². The molecular weight excluding hydrogens is 327 g/mol. The second kappa shape index (κ2) is 7.21. The zero-order chi connectivity index (χ0) is 17.9. The number of aliphatic carboxylic acids is 1. The molecule has 1 aliphatic heterocycles. The van der Waals surface area contributed by atoms with Crippen LogP contribution in [0.4, 0.5) is 13.2 Å². The molecule has 8 heteroatoms. The number of hydrogen-bond donors (Lipinski definition) is 1. The number of carboxylic acids is 1. The summed E-state index contributed by atoms with van der Waals surface area (Å²) in [5.74, 6) is -2.30. The highest BCUT2D eigenvalue weighted by Gasteiger charge is 2.34. The highest BCUT2D eigenvalue weighted by atomic mass is 19.4. The monoisotopic (exact) mass is 345 g/mol. The number of halogens is 3. The van der Waals surface area contributed by atoms with Crippen molar-refractivity contribution in [3.63, 3.8) is 0 Å². The average Bonchev–Trinajstić information content (AvgIpc) is 2.55. The van der Waals surface area contributed by atoms with Crippen LogP contribution < -0.4 is 0 Å². The van der Waals surface area contributed by atoms with Crippen molar-refractivity contribution in [2.24, 2.45) is 0 Å². The molecule has 132 valence electrons. The molecule has 0 radical (unpaired) electrons. The maximum absolute atomic E-state index is 12.9. The van der Waals surface area contributed by atoms with Crippen molar-refractivity contribution in [2.75, 3.05) is 19.7 Å². The maximum Gasteiger partial charge on any atom is 0.416 e. The lowest BCUT2D eigenvalue weighted by molar-refractivity contribution is -0.159. The molecule has 1 fully saturated rings. The van der Waals surface area contributed by atoms with Gasteiger partial charge in [0.1, 0.15) is 0 Å². The predicted octanol–water partition coefficient (Wildman–Crippen LogP) is 2.51. The molecule has 1 N–H and O–H groups in total. The number of amides is 1. The summed E-state index contributed by atoms with van der Waals surface area (Å²) in [4.78, 5) is 25.0. The highest BCUT2D eigenvalue weighted by molar-refractivity contribution is 5.84.